The average Bonchev–Trinajstić information content (AvgIpc) is 2.51. The van der Waals surface area contributed by atoms with E-state index in [1.165, 1.54) is 12.1 Å². The van der Waals surface area contributed by atoms with Crippen molar-refractivity contribution in [3.05, 3.63) is 47.5 Å². The van der Waals surface area contributed by atoms with Gasteiger partial charge in [0.05, 0.1) is 23.1 Å². The Morgan fingerprint density at radius 1 is 1.16 bits per heavy atom. The topological polar surface area (TPSA) is 86.5 Å². The molecule has 9 heteroatoms. The molecule has 0 saturated carbocycles. The molecule has 0 fully saturated rings. The Balaban J connectivity index is 2.91. The molecule has 0 atom stereocenters. The molecule has 0 aliphatic carbocycles. The Labute approximate surface area is 142 Å². The number of nitrogens with two attached hydrogens (primary N) is 1. The number of anilines is 1. The number of methoxy groups -OCH3 is 1. The molecule has 134 valence electrons. The monoisotopic (exact) mass is 373 g/mol. The number of carbonyl (C=O) groups is 1. The van der Waals surface area contributed by atoms with Gasteiger partial charge in [0.25, 0.3) is 0 Å². The standard InChI is InChI=1S/C16H14F3NO4S/c1-24-15(21)9-7-12(20)14(13(8-9)25(2,22)23)10-5-3-4-6-11(10)16(17,18)19/h3-8H,20H2,1-2H3. The predicted octanol–water partition coefficient (Wildman–Crippen LogP) is 3.14. The molecule has 0 radical (unpaired) electrons. The fourth-order valence-electron chi connectivity index (χ4n) is 2.40. The molecule has 0 heterocycles. The van der Waals surface area contributed by atoms with E-state index < -0.39 is 32.4 Å². The van der Waals surface area contributed by atoms with Gasteiger partial charge in [-0.15, -0.1) is 0 Å². The first-order chi connectivity index (χ1) is 11.5. The summed E-state index contributed by atoms with van der Waals surface area (Å²) >= 11 is 0. The zero-order valence-corrected chi connectivity index (χ0v) is 14.0. The van der Waals surface area contributed by atoms with Crippen molar-refractivity contribution in [1.82, 2.24) is 0 Å². The number of alkyl halides is 3. The lowest BCUT2D eigenvalue weighted by Gasteiger charge is -2.18. The molecular weight excluding hydrogens is 359 g/mol. The smallest absolute Gasteiger partial charge is 0.417 e. The Kier molecular flexibility index (Phi) is 4.81. The van der Waals surface area contributed by atoms with Crippen molar-refractivity contribution in [2.45, 2.75) is 11.1 Å². The Morgan fingerprint density at radius 3 is 2.28 bits per heavy atom. The van der Waals surface area contributed by atoms with Gasteiger partial charge < -0.3 is 10.5 Å². The predicted molar refractivity (Wildman–Crippen MR) is 85.7 cm³/mol. The van der Waals surface area contributed by atoms with Crippen molar-refractivity contribution < 1.29 is 31.1 Å². The lowest BCUT2D eigenvalue weighted by atomic mass is 9.96. The average molecular weight is 373 g/mol. The molecule has 0 aliphatic heterocycles. The van der Waals surface area contributed by atoms with Crippen molar-refractivity contribution in [3.63, 3.8) is 0 Å². The van der Waals surface area contributed by atoms with Gasteiger partial charge in [0, 0.05) is 17.5 Å². The molecule has 0 aliphatic rings. The van der Waals surface area contributed by atoms with Crippen LogP contribution in [0, 0.1) is 0 Å². The summed E-state index contributed by atoms with van der Waals surface area (Å²) in [5, 5.41) is 0. The minimum absolute atomic E-state index is 0.173. The first-order valence-corrected chi connectivity index (χ1v) is 8.74. The fourth-order valence-corrected chi connectivity index (χ4v) is 3.34. The van der Waals surface area contributed by atoms with Gasteiger partial charge in [-0.25, -0.2) is 13.2 Å². The van der Waals surface area contributed by atoms with E-state index in [1.54, 1.807) is 0 Å². The molecule has 2 rings (SSSR count). The van der Waals surface area contributed by atoms with E-state index in [9.17, 15) is 26.4 Å². The van der Waals surface area contributed by atoms with Crippen LogP contribution >= 0.6 is 0 Å². The molecule has 0 unspecified atom stereocenters. The molecule has 2 aromatic rings. The zero-order chi connectivity index (χ0) is 19.0. The highest BCUT2D eigenvalue weighted by molar-refractivity contribution is 7.90. The second kappa shape index (κ2) is 6.40. The molecule has 0 amide bonds. The van der Waals surface area contributed by atoms with Crippen LogP contribution in [0.3, 0.4) is 0 Å². The summed E-state index contributed by atoms with van der Waals surface area (Å²) < 4.78 is 68.6. The van der Waals surface area contributed by atoms with Crippen molar-refractivity contribution in [2.24, 2.45) is 0 Å². The first kappa shape index (κ1) is 18.8. The lowest BCUT2D eigenvalue weighted by molar-refractivity contribution is -0.137. The highest BCUT2D eigenvalue weighted by Gasteiger charge is 2.35. The lowest BCUT2D eigenvalue weighted by Crippen LogP contribution is -2.12. The third-order valence-electron chi connectivity index (χ3n) is 3.46. The molecule has 2 aromatic carbocycles. The summed E-state index contributed by atoms with van der Waals surface area (Å²) in [6.07, 6.45) is -3.89. The van der Waals surface area contributed by atoms with Crippen LogP contribution in [0.1, 0.15) is 15.9 Å². The third kappa shape index (κ3) is 3.76. The summed E-state index contributed by atoms with van der Waals surface area (Å²) in [5.74, 6) is -0.854. The van der Waals surface area contributed by atoms with Crippen molar-refractivity contribution in [1.29, 1.82) is 0 Å². The second-order valence-corrected chi connectivity index (χ2v) is 7.23. The van der Waals surface area contributed by atoms with Gasteiger partial charge in [-0.2, -0.15) is 13.2 Å². The van der Waals surface area contributed by atoms with Crippen LogP contribution in [0.2, 0.25) is 0 Å². The van der Waals surface area contributed by atoms with Crippen LogP contribution in [-0.2, 0) is 20.8 Å². The summed E-state index contributed by atoms with van der Waals surface area (Å²) in [6, 6.07) is 6.52. The van der Waals surface area contributed by atoms with Gasteiger partial charge in [-0.3, -0.25) is 0 Å². The van der Waals surface area contributed by atoms with Crippen LogP contribution in [0.4, 0.5) is 18.9 Å². The van der Waals surface area contributed by atoms with Gasteiger partial charge in [-0.05, 0) is 23.8 Å². The van der Waals surface area contributed by atoms with Crippen LogP contribution in [0.5, 0.6) is 0 Å². The number of sulfone groups is 1. The zero-order valence-electron chi connectivity index (χ0n) is 13.2. The molecule has 0 aromatic heterocycles. The van der Waals surface area contributed by atoms with Crippen molar-refractivity contribution in [2.75, 3.05) is 19.1 Å². The van der Waals surface area contributed by atoms with E-state index in [0.29, 0.717) is 0 Å². The highest BCUT2D eigenvalue weighted by atomic mass is 32.2. The van der Waals surface area contributed by atoms with Gasteiger partial charge in [-0.1, -0.05) is 18.2 Å². The van der Waals surface area contributed by atoms with Gasteiger partial charge in [0.1, 0.15) is 0 Å². The maximum atomic E-state index is 13.3. The molecule has 0 saturated heterocycles. The van der Waals surface area contributed by atoms with Crippen LogP contribution in [0.25, 0.3) is 11.1 Å². The summed E-state index contributed by atoms with van der Waals surface area (Å²) in [5.41, 5.74) is 3.65. The maximum Gasteiger partial charge on any atom is 0.417 e. The molecule has 0 bridgehead atoms. The summed E-state index contributed by atoms with van der Waals surface area (Å²) in [6.45, 7) is 0. The highest BCUT2D eigenvalue weighted by Crippen LogP contribution is 2.42. The van der Waals surface area contributed by atoms with E-state index >= 15 is 0 Å². The quantitative estimate of drug-likeness (QED) is 0.660. The van der Waals surface area contributed by atoms with Crippen LogP contribution in [-0.4, -0.2) is 27.8 Å². The fraction of sp³-hybridized carbons (Fsp3) is 0.188. The van der Waals surface area contributed by atoms with E-state index in [0.717, 1.165) is 37.6 Å². The van der Waals surface area contributed by atoms with Gasteiger partial charge in [0.15, 0.2) is 9.84 Å². The van der Waals surface area contributed by atoms with E-state index in [-0.39, 0.29) is 22.4 Å². The number of carbonyl (C=O) groups excluding carboxylic acids is 1. The minimum atomic E-state index is -4.71. The number of hydrogen-bond acceptors (Lipinski definition) is 5. The Morgan fingerprint density at radius 2 is 1.76 bits per heavy atom. The van der Waals surface area contributed by atoms with E-state index in [2.05, 4.69) is 4.74 Å². The summed E-state index contributed by atoms with van der Waals surface area (Å²) in [4.78, 5) is 11.2. The Bertz CT molecular complexity index is 937. The third-order valence-corrected chi connectivity index (χ3v) is 4.58. The van der Waals surface area contributed by atoms with Crippen molar-refractivity contribution in [3.8, 4) is 11.1 Å². The van der Waals surface area contributed by atoms with Crippen molar-refractivity contribution >= 4 is 21.5 Å². The number of ether oxygens (including phenoxy) is 1. The molecule has 0 spiro atoms. The Hall–Kier alpha value is -2.55. The number of esters is 1. The number of halogens is 3. The van der Waals surface area contributed by atoms with Gasteiger partial charge in [0.2, 0.25) is 0 Å². The molecule has 25 heavy (non-hydrogen) atoms. The minimum Gasteiger partial charge on any atom is -0.465 e. The van der Waals surface area contributed by atoms with Crippen LogP contribution in [0.15, 0.2) is 41.3 Å². The SMILES string of the molecule is COC(=O)c1cc(N)c(-c2ccccc2C(F)(F)F)c(S(C)(=O)=O)c1. The number of hydrogen-bond donors (Lipinski definition) is 1. The van der Waals surface area contributed by atoms with E-state index in [4.69, 9.17) is 5.73 Å². The van der Waals surface area contributed by atoms with Crippen LogP contribution < -0.4 is 5.73 Å². The largest absolute Gasteiger partial charge is 0.465 e. The molecular formula is C16H14F3NO4S. The second-order valence-electron chi connectivity index (χ2n) is 5.25. The number of benzene rings is 2. The van der Waals surface area contributed by atoms with E-state index in [1.807, 2.05) is 0 Å². The normalized spacial score (nSPS) is 12.0. The maximum absolute atomic E-state index is 13.3. The molecule has 5 nitrogen and oxygen atoms in total. The molecule has 2 N–H and O–H groups in total. The first-order valence-electron chi connectivity index (χ1n) is 6.85. The number of nitrogen functional groups attached to an aromatic ring is 1. The summed E-state index contributed by atoms with van der Waals surface area (Å²) in [7, 11) is -2.90. The van der Waals surface area contributed by atoms with Gasteiger partial charge >= 0.3 is 12.1 Å². The number of rotatable bonds is 3.